The normalized spacial score (nSPS) is 13.9. The van der Waals surface area contributed by atoms with Crippen molar-refractivity contribution >= 4 is 3.26 Å². The molecular formula is C39H40Cl2Hf. The van der Waals surface area contributed by atoms with Crippen LogP contribution in [0.3, 0.4) is 0 Å². The van der Waals surface area contributed by atoms with Crippen LogP contribution in [-0.2, 0) is 31.8 Å². The molecule has 0 nitrogen and oxygen atoms in total. The van der Waals surface area contributed by atoms with Gasteiger partial charge in [0.1, 0.15) is 0 Å². The fourth-order valence-electron chi connectivity index (χ4n) is 6.38. The summed E-state index contributed by atoms with van der Waals surface area (Å²) in [4.78, 5) is 0. The summed E-state index contributed by atoms with van der Waals surface area (Å²) in [6.07, 6.45) is 9.59. The second kappa shape index (κ2) is 12.7. The van der Waals surface area contributed by atoms with Crippen molar-refractivity contribution in [3.05, 3.63) is 155 Å². The van der Waals surface area contributed by atoms with Crippen LogP contribution in [0, 0.1) is 0 Å². The molecule has 3 heteroatoms. The molecule has 0 aromatic heterocycles. The van der Waals surface area contributed by atoms with Gasteiger partial charge in [-0.1, -0.05) is 0 Å². The molecule has 2 aliphatic rings. The molecule has 6 rings (SSSR count). The number of benzene rings is 4. The van der Waals surface area contributed by atoms with Crippen LogP contribution in [0.4, 0.5) is 0 Å². The van der Waals surface area contributed by atoms with Crippen LogP contribution in [0.15, 0.2) is 121 Å². The topological polar surface area (TPSA) is 0 Å². The van der Waals surface area contributed by atoms with Crippen LogP contribution < -0.4 is 24.8 Å². The third-order valence-electron chi connectivity index (χ3n) is 8.58. The van der Waals surface area contributed by atoms with Crippen molar-refractivity contribution in [2.45, 2.75) is 59.7 Å². The number of halogens is 2. The van der Waals surface area contributed by atoms with Gasteiger partial charge in [0.25, 0.3) is 0 Å². The summed E-state index contributed by atoms with van der Waals surface area (Å²) in [5, 5.41) is 0. The maximum Gasteiger partial charge on any atom is -1.00 e. The van der Waals surface area contributed by atoms with Crippen molar-refractivity contribution in [2.24, 2.45) is 0 Å². The molecule has 0 N–H and O–H groups in total. The fourth-order valence-corrected chi connectivity index (χ4v) is 20.0. The Bertz CT molecular complexity index is 1530. The average molecular weight is 758 g/mol. The summed E-state index contributed by atoms with van der Waals surface area (Å²) in [7, 11) is 0. The summed E-state index contributed by atoms with van der Waals surface area (Å²) in [6.45, 7) is 14.1. The summed E-state index contributed by atoms with van der Waals surface area (Å²) < 4.78 is 2.60. The molecule has 0 heterocycles. The molecular weight excluding hydrogens is 718 g/mol. The Morgan fingerprint density at radius 3 is 1.33 bits per heavy atom. The quantitative estimate of drug-likeness (QED) is 0.275. The van der Waals surface area contributed by atoms with E-state index in [0.29, 0.717) is 7.35 Å². The Kier molecular flexibility index (Phi) is 9.88. The van der Waals surface area contributed by atoms with Gasteiger partial charge in [-0.25, -0.2) is 0 Å². The molecule has 2 aliphatic carbocycles. The zero-order valence-electron chi connectivity index (χ0n) is 25.5. The first kappa shape index (κ1) is 32.6. The second-order valence-corrected chi connectivity index (χ2v) is 22.9. The zero-order valence-corrected chi connectivity index (χ0v) is 30.6. The van der Waals surface area contributed by atoms with Gasteiger partial charge in [-0.05, 0) is 0 Å². The maximum absolute atomic E-state index is 2.87. The SMILES string of the molecule is CC(C)(C)c1ccc2c(c1)[CH]([Hf+2](=[C](c1ccccc1)c1ccccc1)[CH]1C=CC=C1)c1cc(C(C)(C)C)ccc1-2.[Cl-].[Cl-]. The van der Waals surface area contributed by atoms with Gasteiger partial charge >= 0.3 is 250 Å². The van der Waals surface area contributed by atoms with Gasteiger partial charge in [-0.2, -0.15) is 0 Å². The molecule has 0 radical (unpaired) electrons. The molecule has 0 spiro atoms. The first-order valence-corrected chi connectivity index (χ1v) is 20.6. The molecule has 4 aromatic carbocycles. The molecule has 214 valence electrons. The predicted octanol–water partition coefficient (Wildman–Crippen LogP) is 4.16. The zero-order chi connectivity index (χ0) is 28.1. The monoisotopic (exact) mass is 758 g/mol. The van der Waals surface area contributed by atoms with E-state index in [9.17, 15) is 0 Å². The fraction of sp³-hybridized carbons (Fsp3) is 0.256. The summed E-state index contributed by atoms with van der Waals surface area (Å²) in [5.74, 6) is 0. The molecule has 0 saturated carbocycles. The van der Waals surface area contributed by atoms with E-state index in [4.69, 9.17) is 0 Å². The third kappa shape index (κ3) is 6.17. The van der Waals surface area contributed by atoms with E-state index >= 15 is 0 Å². The van der Waals surface area contributed by atoms with E-state index in [0.717, 1.165) is 0 Å². The van der Waals surface area contributed by atoms with E-state index in [1.54, 1.807) is 14.4 Å². The molecule has 0 unspecified atom stereocenters. The number of rotatable bonds is 4. The molecule has 0 bridgehead atoms. The Balaban J connectivity index is 0.00000202. The first-order chi connectivity index (χ1) is 19.1. The number of hydrogen-bond acceptors (Lipinski definition) is 0. The molecule has 4 aromatic rings. The predicted molar refractivity (Wildman–Crippen MR) is 169 cm³/mol. The Labute approximate surface area is 272 Å². The largest absolute Gasteiger partial charge is 1.00 e. The second-order valence-electron chi connectivity index (χ2n) is 13.4. The first-order valence-electron chi connectivity index (χ1n) is 14.6. The van der Waals surface area contributed by atoms with Gasteiger partial charge in [0.2, 0.25) is 0 Å². The molecule has 0 amide bonds. The minimum absolute atomic E-state index is 0. The maximum atomic E-state index is 2.58. The summed E-state index contributed by atoms with van der Waals surface area (Å²) >= 11 is -2.87. The molecule has 0 aliphatic heterocycles. The van der Waals surface area contributed by atoms with Gasteiger partial charge in [-0.3, -0.25) is 0 Å². The summed E-state index contributed by atoms with van der Waals surface area (Å²) in [6, 6.07) is 37.3. The van der Waals surface area contributed by atoms with Crippen molar-refractivity contribution in [2.75, 3.05) is 0 Å². The Morgan fingerprint density at radius 2 is 0.952 bits per heavy atom. The van der Waals surface area contributed by atoms with Gasteiger partial charge in [0, 0.05) is 0 Å². The number of allylic oxidation sites excluding steroid dienone is 4. The van der Waals surface area contributed by atoms with Crippen molar-refractivity contribution in [1.82, 2.24) is 0 Å². The van der Waals surface area contributed by atoms with E-state index in [1.165, 1.54) is 33.4 Å². The van der Waals surface area contributed by atoms with Crippen LogP contribution in [0.25, 0.3) is 11.1 Å². The van der Waals surface area contributed by atoms with Crippen molar-refractivity contribution < 1.29 is 45.8 Å². The molecule has 0 atom stereocenters. The van der Waals surface area contributed by atoms with E-state index < -0.39 is 21.0 Å². The van der Waals surface area contributed by atoms with Crippen molar-refractivity contribution in [3.8, 4) is 11.1 Å². The van der Waals surface area contributed by atoms with Gasteiger partial charge in [-0.15, -0.1) is 0 Å². The number of fused-ring (bicyclic) bond motifs is 3. The standard InChI is InChI=1S/C21H25.C13H10.C5H5.2ClH.Hf/c1-20(2,3)16-7-9-18-14(12-16)11-15-13-17(21(4,5)6)8-10-19(15)18;1-3-7-12(8-4-1)11-13-9-5-2-6-10-13;1-2-4-5-3-1;;;/h7-13H,1-6H3;1-10H;1-5H;2*1H;/q;;;;;+2/p-2. The van der Waals surface area contributed by atoms with Crippen LogP contribution >= 0.6 is 0 Å². The van der Waals surface area contributed by atoms with Crippen LogP contribution in [0.1, 0.15) is 78.6 Å². The molecule has 42 heavy (non-hydrogen) atoms. The Hall–Kier alpha value is -2.32. The minimum Gasteiger partial charge on any atom is -1.00 e. The van der Waals surface area contributed by atoms with E-state index in [-0.39, 0.29) is 35.6 Å². The van der Waals surface area contributed by atoms with Crippen LogP contribution in [-0.4, -0.2) is 3.26 Å². The van der Waals surface area contributed by atoms with Gasteiger partial charge in [0.05, 0.1) is 0 Å². The van der Waals surface area contributed by atoms with Crippen molar-refractivity contribution in [3.63, 3.8) is 0 Å². The number of hydrogen-bond donors (Lipinski definition) is 0. The van der Waals surface area contributed by atoms with Crippen LogP contribution in [0.2, 0.25) is 3.67 Å². The van der Waals surface area contributed by atoms with E-state index in [2.05, 4.69) is 163 Å². The van der Waals surface area contributed by atoms with Gasteiger partial charge in [0.15, 0.2) is 0 Å². The molecule has 0 fully saturated rings. The van der Waals surface area contributed by atoms with Crippen molar-refractivity contribution in [1.29, 1.82) is 0 Å². The van der Waals surface area contributed by atoms with Crippen LogP contribution in [0.5, 0.6) is 0 Å². The van der Waals surface area contributed by atoms with E-state index in [1.807, 2.05) is 0 Å². The Morgan fingerprint density at radius 1 is 0.548 bits per heavy atom. The molecule has 0 saturated heterocycles. The minimum atomic E-state index is -2.87. The average Bonchev–Trinajstić information content (AvgIpc) is 3.58. The third-order valence-corrected chi connectivity index (χ3v) is 21.2. The smallest absolute Gasteiger partial charge is 1.00 e. The van der Waals surface area contributed by atoms with Gasteiger partial charge < -0.3 is 24.8 Å². The summed E-state index contributed by atoms with van der Waals surface area (Å²) in [5.41, 5.74) is 11.9.